The summed E-state index contributed by atoms with van der Waals surface area (Å²) in [6, 6.07) is 17.6. The second-order valence-electron chi connectivity index (χ2n) is 5.46. The zero-order chi connectivity index (χ0) is 19.1. The summed E-state index contributed by atoms with van der Waals surface area (Å²) < 4.78 is 10.5. The number of nitrogens with zero attached hydrogens (tertiary/aromatic N) is 3. The maximum Gasteiger partial charge on any atom is 0.428 e. The van der Waals surface area contributed by atoms with Gasteiger partial charge in [0, 0.05) is 12.4 Å². The fraction of sp³-hybridized carbons (Fsp3) is 0.100. The third-order valence-corrected chi connectivity index (χ3v) is 3.63. The smallest absolute Gasteiger partial charge is 0.428 e. The van der Waals surface area contributed by atoms with Crippen LogP contribution in [-0.2, 0) is 11.2 Å². The minimum atomic E-state index is -0.888. The van der Waals surface area contributed by atoms with Crippen molar-refractivity contribution < 1.29 is 19.1 Å². The van der Waals surface area contributed by atoms with E-state index >= 15 is 0 Å². The maximum atomic E-state index is 12.9. The van der Waals surface area contributed by atoms with Gasteiger partial charge in [-0.05, 0) is 17.7 Å². The van der Waals surface area contributed by atoms with Crippen LogP contribution in [-0.4, -0.2) is 29.1 Å². The highest BCUT2D eigenvalue weighted by Crippen LogP contribution is 2.24. The molecule has 3 rings (SSSR count). The maximum absolute atomic E-state index is 12.9. The number of carbonyl (C=O) groups excluding carboxylic acids is 2. The Morgan fingerprint density at radius 3 is 2.22 bits per heavy atom. The molecule has 3 aromatic rings. The van der Waals surface area contributed by atoms with Crippen LogP contribution in [0.1, 0.15) is 5.56 Å². The van der Waals surface area contributed by atoms with Crippen LogP contribution >= 0.6 is 0 Å². The molecule has 0 N–H and O–H groups in total. The van der Waals surface area contributed by atoms with Crippen LogP contribution < -0.4 is 14.4 Å². The molecule has 7 nitrogen and oxygen atoms in total. The minimum absolute atomic E-state index is 0.00947. The molecule has 27 heavy (non-hydrogen) atoms. The van der Waals surface area contributed by atoms with Crippen molar-refractivity contribution in [1.29, 1.82) is 0 Å². The molecule has 0 saturated carbocycles. The Morgan fingerprint density at radius 2 is 1.56 bits per heavy atom. The topological polar surface area (TPSA) is 81.6 Å². The first-order valence-electron chi connectivity index (χ1n) is 8.18. The van der Waals surface area contributed by atoms with Gasteiger partial charge >= 0.3 is 6.09 Å². The van der Waals surface area contributed by atoms with Gasteiger partial charge in [0.25, 0.3) is 5.88 Å². The third-order valence-electron chi connectivity index (χ3n) is 3.63. The standard InChI is InChI=1S/C20H17N3O4/c1-26-19-18(21-12-13-22-19)23(17(24)14-15-8-4-2-5-9-15)20(25)27-16-10-6-3-7-11-16/h2-13H,14H2,1H3. The minimum Gasteiger partial charge on any atom is -0.478 e. The molecule has 1 aromatic heterocycles. The van der Waals surface area contributed by atoms with E-state index in [0.29, 0.717) is 5.75 Å². The number of methoxy groups -OCH3 is 1. The van der Waals surface area contributed by atoms with Crippen LogP contribution in [0.2, 0.25) is 0 Å². The lowest BCUT2D eigenvalue weighted by molar-refractivity contribution is -0.117. The quantitative estimate of drug-likeness (QED) is 0.692. The molecule has 0 aliphatic heterocycles. The molecule has 0 fully saturated rings. The van der Waals surface area contributed by atoms with E-state index in [2.05, 4.69) is 9.97 Å². The zero-order valence-corrected chi connectivity index (χ0v) is 14.6. The predicted molar refractivity (Wildman–Crippen MR) is 98.7 cm³/mol. The lowest BCUT2D eigenvalue weighted by atomic mass is 10.1. The van der Waals surface area contributed by atoms with Gasteiger partial charge in [-0.1, -0.05) is 48.5 Å². The molecule has 0 unspecified atom stereocenters. The van der Waals surface area contributed by atoms with Gasteiger partial charge < -0.3 is 9.47 Å². The molecule has 1 heterocycles. The summed E-state index contributed by atoms with van der Waals surface area (Å²) in [5.41, 5.74) is 0.753. The SMILES string of the molecule is COc1nccnc1N(C(=O)Cc1ccccc1)C(=O)Oc1ccccc1. The van der Waals surface area contributed by atoms with Crippen molar-refractivity contribution >= 4 is 17.8 Å². The van der Waals surface area contributed by atoms with Gasteiger partial charge in [0.05, 0.1) is 13.5 Å². The molecule has 0 radical (unpaired) electrons. The Balaban J connectivity index is 1.93. The number of carbonyl (C=O) groups is 2. The van der Waals surface area contributed by atoms with Gasteiger partial charge in [0.1, 0.15) is 5.75 Å². The number of imide groups is 1. The monoisotopic (exact) mass is 363 g/mol. The summed E-state index contributed by atoms with van der Waals surface area (Å²) >= 11 is 0. The first-order valence-corrected chi connectivity index (χ1v) is 8.18. The predicted octanol–water partition coefficient (Wildman–Crippen LogP) is 3.26. The normalized spacial score (nSPS) is 10.1. The first-order chi connectivity index (χ1) is 13.2. The Morgan fingerprint density at radius 1 is 0.926 bits per heavy atom. The Kier molecular flexibility index (Phi) is 5.73. The highest BCUT2D eigenvalue weighted by molar-refractivity contribution is 6.13. The number of hydrogen-bond donors (Lipinski definition) is 0. The number of aromatic nitrogens is 2. The van der Waals surface area contributed by atoms with Crippen molar-refractivity contribution in [3.8, 4) is 11.6 Å². The molecule has 0 bridgehead atoms. The van der Waals surface area contributed by atoms with E-state index in [4.69, 9.17) is 9.47 Å². The van der Waals surface area contributed by atoms with E-state index in [-0.39, 0.29) is 18.1 Å². The largest absolute Gasteiger partial charge is 0.478 e. The van der Waals surface area contributed by atoms with Crippen LogP contribution in [0, 0.1) is 0 Å². The molecule has 136 valence electrons. The molecule has 7 heteroatoms. The molecular weight excluding hydrogens is 346 g/mol. The molecule has 0 spiro atoms. The molecular formula is C20H17N3O4. The van der Waals surface area contributed by atoms with Crippen molar-refractivity contribution in [3.63, 3.8) is 0 Å². The summed E-state index contributed by atoms with van der Waals surface area (Å²) in [6.07, 6.45) is 1.88. The highest BCUT2D eigenvalue weighted by Gasteiger charge is 2.30. The van der Waals surface area contributed by atoms with Crippen LogP contribution in [0.15, 0.2) is 73.1 Å². The zero-order valence-electron chi connectivity index (χ0n) is 14.6. The number of para-hydroxylation sites is 1. The summed E-state index contributed by atoms with van der Waals surface area (Å²) in [5, 5.41) is 0. The van der Waals surface area contributed by atoms with Crippen molar-refractivity contribution in [2.75, 3.05) is 12.0 Å². The number of rotatable bonds is 5. The molecule has 2 aromatic carbocycles. The van der Waals surface area contributed by atoms with Gasteiger partial charge in [-0.25, -0.2) is 14.8 Å². The van der Waals surface area contributed by atoms with Crippen molar-refractivity contribution in [1.82, 2.24) is 9.97 Å². The number of ether oxygens (including phenoxy) is 2. The number of anilines is 1. The first kappa shape index (κ1) is 18.1. The van der Waals surface area contributed by atoms with Gasteiger partial charge in [-0.2, -0.15) is 4.90 Å². The second-order valence-corrected chi connectivity index (χ2v) is 5.46. The summed E-state index contributed by atoms with van der Waals surface area (Å²) in [5.74, 6) is -0.186. The molecule has 0 atom stereocenters. The summed E-state index contributed by atoms with van der Waals surface area (Å²) in [7, 11) is 1.38. The Bertz CT molecular complexity index is 863. The second kappa shape index (κ2) is 8.57. The van der Waals surface area contributed by atoms with Gasteiger partial charge in [-0.15, -0.1) is 0 Å². The Hall–Kier alpha value is -3.74. The fourth-order valence-corrected chi connectivity index (χ4v) is 2.41. The number of hydrogen-bond acceptors (Lipinski definition) is 6. The lowest BCUT2D eigenvalue weighted by Crippen LogP contribution is -2.41. The third kappa shape index (κ3) is 4.46. The lowest BCUT2D eigenvalue weighted by Gasteiger charge is -2.20. The van der Waals surface area contributed by atoms with Crippen LogP contribution in [0.25, 0.3) is 0 Å². The van der Waals surface area contributed by atoms with E-state index in [1.165, 1.54) is 19.5 Å². The molecule has 0 aliphatic rings. The molecule has 0 aliphatic carbocycles. The van der Waals surface area contributed by atoms with E-state index in [0.717, 1.165) is 10.5 Å². The van der Waals surface area contributed by atoms with E-state index in [9.17, 15) is 9.59 Å². The summed E-state index contributed by atoms with van der Waals surface area (Å²) in [6.45, 7) is 0. The van der Waals surface area contributed by atoms with E-state index in [1.54, 1.807) is 42.5 Å². The van der Waals surface area contributed by atoms with Crippen molar-refractivity contribution in [2.45, 2.75) is 6.42 Å². The highest BCUT2D eigenvalue weighted by atomic mass is 16.6. The number of benzene rings is 2. The van der Waals surface area contributed by atoms with Crippen LogP contribution in [0.5, 0.6) is 11.6 Å². The van der Waals surface area contributed by atoms with Gasteiger partial charge in [-0.3, -0.25) is 4.79 Å². The summed E-state index contributed by atoms with van der Waals surface area (Å²) in [4.78, 5) is 34.6. The number of amides is 2. The average Bonchev–Trinajstić information content (AvgIpc) is 2.70. The van der Waals surface area contributed by atoms with E-state index < -0.39 is 12.0 Å². The van der Waals surface area contributed by atoms with Crippen LogP contribution in [0.3, 0.4) is 0 Å². The van der Waals surface area contributed by atoms with Crippen LogP contribution in [0.4, 0.5) is 10.6 Å². The van der Waals surface area contributed by atoms with E-state index in [1.807, 2.05) is 18.2 Å². The molecule has 2 amide bonds. The van der Waals surface area contributed by atoms with Crippen molar-refractivity contribution in [2.24, 2.45) is 0 Å². The van der Waals surface area contributed by atoms with Gasteiger partial charge in [0.15, 0.2) is 0 Å². The average molecular weight is 363 g/mol. The molecule has 0 saturated heterocycles. The fourth-order valence-electron chi connectivity index (χ4n) is 2.41. The van der Waals surface area contributed by atoms with Gasteiger partial charge in [0.2, 0.25) is 11.7 Å². The Labute approximate surface area is 156 Å². The van der Waals surface area contributed by atoms with Crippen molar-refractivity contribution in [3.05, 3.63) is 78.6 Å².